The monoisotopic (exact) mass is 513 g/mol. The van der Waals surface area contributed by atoms with Crippen LogP contribution in [0.1, 0.15) is 15.9 Å². The molecule has 0 aliphatic heterocycles. The van der Waals surface area contributed by atoms with Crippen molar-refractivity contribution >= 4 is 33.6 Å². The number of methoxy groups -OCH3 is 1. The SMILES string of the molecule is COC(=O)[C@H](Cc1cccc2c(-n3c(=O)ccc4cnccc43)cccc12)NC(=O)c1c(F)cccc1F. The lowest BCUT2D eigenvalue weighted by atomic mass is 9.97. The van der Waals surface area contributed by atoms with Crippen molar-refractivity contribution in [1.82, 2.24) is 14.9 Å². The summed E-state index contributed by atoms with van der Waals surface area (Å²) in [7, 11) is 1.16. The number of nitrogens with one attached hydrogen (secondary N) is 1. The maximum absolute atomic E-state index is 14.2. The van der Waals surface area contributed by atoms with Gasteiger partial charge in [-0.2, -0.15) is 0 Å². The fraction of sp³-hybridized carbons (Fsp3) is 0.103. The number of rotatable bonds is 6. The summed E-state index contributed by atoms with van der Waals surface area (Å²) in [6, 6.07) is 17.6. The maximum atomic E-state index is 14.2. The summed E-state index contributed by atoms with van der Waals surface area (Å²) in [5.41, 5.74) is 0.943. The van der Waals surface area contributed by atoms with Gasteiger partial charge >= 0.3 is 5.97 Å². The molecule has 5 aromatic rings. The summed E-state index contributed by atoms with van der Waals surface area (Å²) in [6.07, 6.45) is 3.25. The molecule has 0 fully saturated rings. The third-order valence-electron chi connectivity index (χ3n) is 6.33. The van der Waals surface area contributed by atoms with Gasteiger partial charge in [0, 0.05) is 35.7 Å². The number of carbonyl (C=O) groups excluding carboxylic acids is 2. The Morgan fingerprint density at radius 3 is 2.42 bits per heavy atom. The van der Waals surface area contributed by atoms with E-state index in [1.54, 1.807) is 47.3 Å². The largest absolute Gasteiger partial charge is 0.467 e. The normalized spacial score (nSPS) is 11.9. The van der Waals surface area contributed by atoms with Crippen molar-refractivity contribution in [3.63, 3.8) is 0 Å². The topological polar surface area (TPSA) is 90.3 Å². The second-order valence-electron chi connectivity index (χ2n) is 8.58. The number of hydrogen-bond acceptors (Lipinski definition) is 5. The van der Waals surface area contributed by atoms with E-state index in [0.29, 0.717) is 16.8 Å². The van der Waals surface area contributed by atoms with Crippen LogP contribution in [0.4, 0.5) is 8.78 Å². The first-order chi connectivity index (χ1) is 18.4. The Morgan fingerprint density at radius 1 is 0.947 bits per heavy atom. The molecule has 9 heteroatoms. The number of hydrogen-bond donors (Lipinski definition) is 1. The van der Waals surface area contributed by atoms with E-state index in [9.17, 15) is 23.2 Å². The van der Waals surface area contributed by atoms with Gasteiger partial charge in [-0.1, -0.05) is 36.4 Å². The minimum atomic E-state index is -1.23. The van der Waals surface area contributed by atoms with Crippen LogP contribution in [0.15, 0.2) is 90.0 Å². The Morgan fingerprint density at radius 2 is 1.66 bits per heavy atom. The van der Waals surface area contributed by atoms with Gasteiger partial charge in [-0.25, -0.2) is 13.6 Å². The van der Waals surface area contributed by atoms with Crippen molar-refractivity contribution in [3.8, 4) is 5.69 Å². The number of amides is 1. The molecule has 0 unspecified atom stereocenters. The summed E-state index contributed by atoms with van der Waals surface area (Å²) in [6.45, 7) is 0. The number of halogens is 2. The van der Waals surface area contributed by atoms with E-state index < -0.39 is 35.1 Å². The number of ether oxygens (including phenoxy) is 1. The van der Waals surface area contributed by atoms with Gasteiger partial charge in [-0.3, -0.25) is 19.1 Å². The van der Waals surface area contributed by atoms with Crippen LogP contribution in [0.25, 0.3) is 27.4 Å². The fourth-order valence-electron chi connectivity index (χ4n) is 4.57. The van der Waals surface area contributed by atoms with Gasteiger partial charge in [-0.15, -0.1) is 0 Å². The van der Waals surface area contributed by atoms with E-state index in [0.717, 1.165) is 41.5 Å². The average Bonchev–Trinajstić information content (AvgIpc) is 2.92. The predicted octanol–water partition coefficient (Wildman–Crippen LogP) is 4.33. The molecule has 7 nitrogen and oxygen atoms in total. The molecule has 0 spiro atoms. The van der Waals surface area contributed by atoms with Crippen molar-refractivity contribution in [1.29, 1.82) is 0 Å². The molecule has 3 aromatic carbocycles. The Balaban J connectivity index is 1.57. The molecule has 1 N–H and O–H groups in total. The highest BCUT2D eigenvalue weighted by Crippen LogP contribution is 2.27. The fourth-order valence-corrected chi connectivity index (χ4v) is 4.57. The molecule has 1 atom stereocenters. The first-order valence-electron chi connectivity index (χ1n) is 11.7. The van der Waals surface area contributed by atoms with E-state index in [1.807, 2.05) is 18.2 Å². The highest BCUT2D eigenvalue weighted by atomic mass is 19.1. The lowest BCUT2D eigenvalue weighted by Gasteiger charge is -2.19. The highest BCUT2D eigenvalue weighted by molar-refractivity contribution is 5.98. The summed E-state index contributed by atoms with van der Waals surface area (Å²) in [4.78, 5) is 42.4. The molecule has 38 heavy (non-hydrogen) atoms. The third kappa shape index (κ3) is 4.50. The predicted molar refractivity (Wildman–Crippen MR) is 138 cm³/mol. The van der Waals surface area contributed by atoms with Gasteiger partial charge in [0.1, 0.15) is 23.2 Å². The minimum Gasteiger partial charge on any atom is -0.467 e. The third-order valence-corrected chi connectivity index (χ3v) is 6.33. The Bertz CT molecular complexity index is 1750. The van der Waals surface area contributed by atoms with E-state index in [1.165, 1.54) is 6.07 Å². The standard InChI is InChI=1S/C29H21F2N3O4/c1-38-29(37)23(33-28(36)27-21(30)8-4-9-22(27)31)15-17-5-2-7-20-19(17)6-3-10-25(20)34-24-13-14-32-16-18(24)11-12-26(34)35/h2-14,16,23H,15H2,1H3,(H,33,36)/t23-/m0/s1. The first kappa shape index (κ1) is 24.8. The zero-order valence-electron chi connectivity index (χ0n) is 20.2. The number of benzene rings is 3. The average molecular weight is 514 g/mol. The van der Waals surface area contributed by atoms with E-state index in [2.05, 4.69) is 10.3 Å². The molecule has 0 radical (unpaired) electrons. The molecule has 2 heterocycles. The number of pyridine rings is 2. The molecule has 0 aliphatic rings. The molecular formula is C29H21F2N3O4. The van der Waals surface area contributed by atoms with E-state index in [4.69, 9.17) is 4.74 Å². The Kier molecular flexibility index (Phi) is 6.66. The smallest absolute Gasteiger partial charge is 0.328 e. The van der Waals surface area contributed by atoms with Crippen LogP contribution < -0.4 is 10.9 Å². The van der Waals surface area contributed by atoms with Crippen LogP contribution >= 0.6 is 0 Å². The molecule has 0 bridgehead atoms. The number of esters is 1. The summed E-state index contributed by atoms with van der Waals surface area (Å²) in [5.74, 6) is -3.94. The lowest BCUT2D eigenvalue weighted by molar-refractivity contribution is -0.142. The van der Waals surface area contributed by atoms with Crippen molar-refractivity contribution < 1.29 is 23.1 Å². The van der Waals surface area contributed by atoms with Crippen LogP contribution in [-0.4, -0.2) is 34.6 Å². The summed E-state index contributed by atoms with van der Waals surface area (Å²) < 4.78 is 34.8. The molecule has 0 saturated carbocycles. The number of nitrogens with zero attached hydrogens (tertiary/aromatic N) is 2. The molecule has 5 rings (SSSR count). The number of carbonyl (C=O) groups is 2. The van der Waals surface area contributed by atoms with Crippen LogP contribution in [-0.2, 0) is 16.0 Å². The Hall–Kier alpha value is -4.92. The van der Waals surface area contributed by atoms with E-state index >= 15 is 0 Å². The lowest BCUT2D eigenvalue weighted by Crippen LogP contribution is -2.43. The zero-order valence-corrected chi connectivity index (χ0v) is 20.2. The zero-order chi connectivity index (χ0) is 26.8. The van der Waals surface area contributed by atoms with Crippen molar-refractivity contribution in [2.24, 2.45) is 0 Å². The molecule has 0 saturated heterocycles. The van der Waals surface area contributed by atoms with Crippen molar-refractivity contribution in [2.45, 2.75) is 12.5 Å². The molecule has 190 valence electrons. The maximum Gasteiger partial charge on any atom is 0.328 e. The molecular weight excluding hydrogens is 492 g/mol. The van der Waals surface area contributed by atoms with Crippen LogP contribution in [0, 0.1) is 11.6 Å². The van der Waals surface area contributed by atoms with Crippen LogP contribution in [0.5, 0.6) is 0 Å². The Labute approximate surface area is 215 Å². The highest BCUT2D eigenvalue weighted by Gasteiger charge is 2.26. The van der Waals surface area contributed by atoms with Gasteiger partial charge in [-0.05, 0) is 41.3 Å². The van der Waals surface area contributed by atoms with Gasteiger partial charge < -0.3 is 10.1 Å². The van der Waals surface area contributed by atoms with Crippen LogP contribution in [0.3, 0.4) is 0 Å². The van der Waals surface area contributed by atoms with Gasteiger partial charge in [0.05, 0.1) is 18.3 Å². The minimum absolute atomic E-state index is 0.0242. The summed E-state index contributed by atoms with van der Waals surface area (Å²) in [5, 5.41) is 4.64. The van der Waals surface area contributed by atoms with Crippen LogP contribution in [0.2, 0.25) is 0 Å². The van der Waals surface area contributed by atoms with Gasteiger partial charge in [0.15, 0.2) is 0 Å². The van der Waals surface area contributed by atoms with Crippen molar-refractivity contribution in [2.75, 3.05) is 7.11 Å². The first-order valence-corrected chi connectivity index (χ1v) is 11.7. The van der Waals surface area contributed by atoms with Crippen molar-refractivity contribution in [3.05, 3.63) is 118 Å². The quantitative estimate of drug-likeness (QED) is 0.342. The second-order valence-corrected chi connectivity index (χ2v) is 8.58. The van der Waals surface area contributed by atoms with Gasteiger partial charge in [0.2, 0.25) is 0 Å². The molecule has 0 aliphatic carbocycles. The number of aromatic nitrogens is 2. The molecule has 1 amide bonds. The molecule has 2 aromatic heterocycles. The van der Waals surface area contributed by atoms with Gasteiger partial charge in [0.25, 0.3) is 11.5 Å². The summed E-state index contributed by atoms with van der Waals surface area (Å²) >= 11 is 0. The number of fused-ring (bicyclic) bond motifs is 2. The second kappa shape index (κ2) is 10.2. The van der Waals surface area contributed by atoms with E-state index in [-0.39, 0.29) is 12.0 Å².